The van der Waals surface area contributed by atoms with Crippen LogP contribution in [0, 0.1) is 12.7 Å². The number of nitrogens with two attached hydrogens (primary N) is 1. The van der Waals surface area contributed by atoms with E-state index in [9.17, 15) is 18.3 Å². The van der Waals surface area contributed by atoms with Gasteiger partial charge in [0.25, 0.3) is 5.91 Å². The molecule has 5 N–H and O–H groups in total. The summed E-state index contributed by atoms with van der Waals surface area (Å²) in [5.74, 6) is -1.48. The van der Waals surface area contributed by atoms with Crippen LogP contribution < -0.4 is 11.1 Å². The lowest BCUT2D eigenvalue weighted by atomic mass is 9.92. The first-order valence-electron chi connectivity index (χ1n) is 10.4. The standard InChI is InChI=1S/C22H22ClF2N5O3S/c1-11-17(28-16-6-3-12(23)10-30(11)16)18(31)27-13-4-5-15(24)14(9-13)21(2)19(25)34(32,33)22(7-8-22)20(26)29-21/h3-6,9-10,19,32-33H,7-8H2,1-2H3,(H2,26,29)(H,27,31)/t19-,21-/m1/s1. The van der Waals surface area contributed by atoms with Crippen LogP contribution in [0.2, 0.25) is 5.02 Å². The summed E-state index contributed by atoms with van der Waals surface area (Å²) in [6, 6.07) is 6.90. The molecular weight excluding hydrogens is 488 g/mol. The van der Waals surface area contributed by atoms with Crippen molar-refractivity contribution in [2.75, 3.05) is 5.32 Å². The summed E-state index contributed by atoms with van der Waals surface area (Å²) in [4.78, 5) is 21.5. The molecule has 1 fully saturated rings. The zero-order valence-corrected chi connectivity index (χ0v) is 19.8. The van der Waals surface area contributed by atoms with Crippen LogP contribution in [0.1, 0.15) is 41.5 Å². The van der Waals surface area contributed by atoms with E-state index in [0.717, 1.165) is 6.07 Å². The molecule has 0 saturated heterocycles. The van der Waals surface area contributed by atoms with Crippen molar-refractivity contribution in [3.05, 3.63) is 64.3 Å². The molecule has 1 amide bonds. The summed E-state index contributed by atoms with van der Waals surface area (Å²) in [5, 5.41) is 3.11. The quantitative estimate of drug-likeness (QED) is 0.401. The van der Waals surface area contributed by atoms with Crippen molar-refractivity contribution < 1.29 is 22.7 Å². The van der Waals surface area contributed by atoms with E-state index in [1.165, 1.54) is 19.1 Å². The predicted octanol–water partition coefficient (Wildman–Crippen LogP) is 4.85. The van der Waals surface area contributed by atoms with Gasteiger partial charge in [-0.15, -0.1) is 10.6 Å². The number of carbonyl (C=O) groups is 1. The Hall–Kier alpha value is -2.73. The number of aryl methyl sites for hydroxylation is 1. The Bertz CT molecular complexity index is 1390. The van der Waals surface area contributed by atoms with Crippen molar-refractivity contribution in [1.82, 2.24) is 9.38 Å². The second-order valence-corrected chi connectivity index (χ2v) is 11.6. The molecule has 3 heterocycles. The number of amides is 1. The first-order chi connectivity index (χ1) is 15.9. The van der Waals surface area contributed by atoms with Gasteiger partial charge in [-0.1, -0.05) is 11.6 Å². The van der Waals surface area contributed by atoms with Gasteiger partial charge in [0, 0.05) is 17.4 Å². The number of amidine groups is 1. The van der Waals surface area contributed by atoms with Gasteiger partial charge >= 0.3 is 0 Å². The third-order valence-corrected chi connectivity index (χ3v) is 9.66. The molecule has 8 nitrogen and oxygen atoms in total. The minimum atomic E-state index is -3.85. The molecule has 2 atom stereocenters. The van der Waals surface area contributed by atoms with Crippen LogP contribution in [0.3, 0.4) is 0 Å². The van der Waals surface area contributed by atoms with E-state index in [-0.39, 0.29) is 22.8 Å². The third-order valence-electron chi connectivity index (χ3n) is 6.64. The zero-order chi connectivity index (χ0) is 24.6. The van der Waals surface area contributed by atoms with Gasteiger partial charge in [-0.3, -0.25) is 18.9 Å². The number of aliphatic imine (C=N–C) groups is 1. The van der Waals surface area contributed by atoms with Gasteiger partial charge in [-0.05, 0) is 57.0 Å². The largest absolute Gasteiger partial charge is 0.386 e. The van der Waals surface area contributed by atoms with E-state index in [1.54, 1.807) is 29.7 Å². The molecule has 180 valence electrons. The van der Waals surface area contributed by atoms with Crippen LogP contribution in [0.25, 0.3) is 5.65 Å². The number of halogens is 3. The first kappa shape index (κ1) is 23.0. The zero-order valence-electron chi connectivity index (χ0n) is 18.2. The lowest BCUT2D eigenvalue weighted by Gasteiger charge is -2.51. The molecule has 5 rings (SSSR count). The summed E-state index contributed by atoms with van der Waals surface area (Å²) in [6.45, 7) is 2.96. The smallest absolute Gasteiger partial charge is 0.276 e. The Kier molecular flexibility index (Phi) is 5.00. The van der Waals surface area contributed by atoms with Gasteiger partial charge < -0.3 is 15.5 Å². The fourth-order valence-corrected chi connectivity index (χ4v) is 6.89. The number of pyridine rings is 1. The fraction of sp³-hybridized carbons (Fsp3) is 0.318. The lowest BCUT2D eigenvalue weighted by molar-refractivity contribution is 0.102. The number of fused-ring (bicyclic) bond motifs is 1. The maximum atomic E-state index is 15.5. The van der Waals surface area contributed by atoms with E-state index >= 15 is 4.39 Å². The Morgan fingerprint density at radius 2 is 2.03 bits per heavy atom. The van der Waals surface area contributed by atoms with Crippen molar-refractivity contribution in [2.24, 2.45) is 10.7 Å². The van der Waals surface area contributed by atoms with Crippen molar-refractivity contribution in [3.8, 4) is 0 Å². The number of carbonyl (C=O) groups excluding carboxylic acids is 1. The number of imidazole rings is 1. The van der Waals surface area contributed by atoms with Gasteiger partial charge in [-0.2, -0.15) is 0 Å². The molecular formula is C22H22ClF2N5O3S. The molecule has 3 aromatic rings. The number of hydrogen-bond acceptors (Lipinski definition) is 6. The average molecular weight is 510 g/mol. The summed E-state index contributed by atoms with van der Waals surface area (Å²) in [5.41, 5.74) is 2.83. The van der Waals surface area contributed by atoms with Crippen LogP contribution in [0.4, 0.5) is 14.5 Å². The van der Waals surface area contributed by atoms with E-state index in [0.29, 0.717) is 29.2 Å². The van der Waals surface area contributed by atoms with Crippen LogP contribution >= 0.6 is 22.2 Å². The highest BCUT2D eigenvalue weighted by Crippen LogP contribution is 2.73. The number of rotatable bonds is 3. The molecule has 1 spiro atoms. The van der Waals surface area contributed by atoms with Crippen molar-refractivity contribution in [3.63, 3.8) is 0 Å². The maximum absolute atomic E-state index is 15.5. The van der Waals surface area contributed by atoms with Gasteiger partial charge in [0.05, 0.1) is 10.7 Å². The minimum Gasteiger partial charge on any atom is -0.386 e. The highest BCUT2D eigenvalue weighted by molar-refractivity contribution is 8.26. The summed E-state index contributed by atoms with van der Waals surface area (Å²) in [6.07, 6.45) is 2.25. The SMILES string of the molecule is Cc1c(C(=O)Nc2ccc(F)c([C@@]3(C)N=C(N)C4(CC4)S(O)(O)[C@H]3F)c2)nc2ccc(Cl)cn12. The van der Waals surface area contributed by atoms with Gasteiger partial charge in [0.1, 0.15) is 33.3 Å². The number of alkyl halides is 1. The van der Waals surface area contributed by atoms with Crippen molar-refractivity contribution >= 4 is 45.3 Å². The van der Waals surface area contributed by atoms with E-state index in [1.807, 2.05) is 0 Å². The highest BCUT2D eigenvalue weighted by Gasteiger charge is 2.67. The van der Waals surface area contributed by atoms with E-state index in [4.69, 9.17) is 17.3 Å². The molecule has 1 saturated carbocycles. The second-order valence-electron chi connectivity index (χ2n) is 8.82. The molecule has 1 aliphatic heterocycles. The van der Waals surface area contributed by atoms with Crippen molar-refractivity contribution in [2.45, 2.75) is 42.5 Å². The molecule has 0 unspecified atom stereocenters. The molecule has 2 aliphatic rings. The number of nitrogens with zero attached hydrogens (tertiary/aromatic N) is 3. The van der Waals surface area contributed by atoms with Crippen molar-refractivity contribution in [1.29, 1.82) is 0 Å². The first-order valence-corrected chi connectivity index (χ1v) is 12.4. The average Bonchev–Trinajstić information content (AvgIpc) is 3.54. The van der Waals surface area contributed by atoms with Crippen LogP contribution in [-0.2, 0) is 5.54 Å². The van der Waals surface area contributed by atoms with Gasteiger partial charge in [-0.25, -0.2) is 13.8 Å². The summed E-state index contributed by atoms with van der Waals surface area (Å²) in [7, 11) is -3.85. The summed E-state index contributed by atoms with van der Waals surface area (Å²) >= 11 is 6.02. The van der Waals surface area contributed by atoms with Gasteiger partial charge in [0.2, 0.25) is 5.50 Å². The van der Waals surface area contributed by atoms with Crippen LogP contribution in [0.15, 0.2) is 41.5 Å². The molecule has 2 aromatic heterocycles. The van der Waals surface area contributed by atoms with Crippen LogP contribution in [-0.4, -0.2) is 40.5 Å². The Labute approximate surface area is 200 Å². The molecule has 0 radical (unpaired) electrons. The number of benzene rings is 1. The summed E-state index contributed by atoms with van der Waals surface area (Å²) < 4.78 is 52.2. The normalized spacial score (nSPS) is 25.7. The Morgan fingerprint density at radius 3 is 2.71 bits per heavy atom. The molecule has 34 heavy (non-hydrogen) atoms. The molecule has 12 heteroatoms. The highest BCUT2D eigenvalue weighted by atomic mass is 35.5. The monoisotopic (exact) mass is 509 g/mol. The maximum Gasteiger partial charge on any atom is 0.276 e. The third kappa shape index (κ3) is 3.14. The Balaban J connectivity index is 1.51. The number of hydrogen-bond donors (Lipinski definition) is 4. The predicted molar refractivity (Wildman–Crippen MR) is 128 cm³/mol. The lowest BCUT2D eigenvalue weighted by Crippen LogP contribution is -2.52. The number of nitrogens with one attached hydrogen (secondary N) is 1. The second kappa shape index (κ2) is 7.38. The molecule has 1 aliphatic carbocycles. The van der Waals surface area contributed by atoms with Crippen LogP contribution in [0.5, 0.6) is 0 Å². The fourth-order valence-electron chi connectivity index (χ4n) is 4.46. The number of aromatic nitrogens is 2. The van der Waals surface area contributed by atoms with Gasteiger partial charge in [0.15, 0.2) is 0 Å². The molecule has 1 aromatic carbocycles. The number of anilines is 1. The Morgan fingerprint density at radius 1 is 1.32 bits per heavy atom. The van der Waals surface area contributed by atoms with E-state index < -0.39 is 38.1 Å². The van der Waals surface area contributed by atoms with E-state index in [2.05, 4.69) is 15.3 Å². The topological polar surface area (TPSA) is 125 Å². The minimum absolute atomic E-state index is 0.100. The molecule has 0 bridgehead atoms.